The van der Waals surface area contributed by atoms with Gasteiger partial charge in [0.2, 0.25) is 5.88 Å². The summed E-state index contributed by atoms with van der Waals surface area (Å²) in [5.41, 5.74) is 6.48. The summed E-state index contributed by atoms with van der Waals surface area (Å²) in [6, 6.07) is 3.89. The van der Waals surface area contributed by atoms with E-state index in [1.807, 2.05) is 19.1 Å². The van der Waals surface area contributed by atoms with E-state index in [4.69, 9.17) is 10.5 Å². The van der Waals surface area contributed by atoms with Crippen molar-refractivity contribution in [1.29, 1.82) is 0 Å². The Morgan fingerprint density at radius 1 is 1.32 bits per heavy atom. The lowest BCUT2D eigenvalue weighted by molar-refractivity contribution is 0.328. The number of anilines is 2. The Kier molecular flexibility index (Phi) is 4.88. The number of aromatic nitrogens is 1. The Hall–Kier alpha value is -1.45. The summed E-state index contributed by atoms with van der Waals surface area (Å²) >= 11 is 0. The average molecular weight is 263 g/mol. The molecule has 0 radical (unpaired) electrons. The first-order valence-corrected chi connectivity index (χ1v) is 7.38. The Morgan fingerprint density at radius 3 is 2.68 bits per heavy atom. The minimum Gasteiger partial charge on any atom is -0.476 e. The predicted molar refractivity (Wildman–Crippen MR) is 79.7 cm³/mol. The molecule has 19 heavy (non-hydrogen) atoms. The fraction of sp³-hybridized carbons (Fsp3) is 0.667. The third-order valence-corrected chi connectivity index (χ3v) is 3.79. The van der Waals surface area contributed by atoms with Crippen LogP contribution in [0.5, 0.6) is 5.88 Å². The molecule has 0 aromatic carbocycles. The fourth-order valence-corrected chi connectivity index (χ4v) is 2.73. The van der Waals surface area contributed by atoms with Gasteiger partial charge in [0.05, 0.1) is 12.3 Å². The average Bonchev–Trinajstić information content (AvgIpc) is 2.43. The van der Waals surface area contributed by atoms with Gasteiger partial charge in [0.1, 0.15) is 5.82 Å². The minimum atomic E-state index is 0.565. The zero-order valence-electron chi connectivity index (χ0n) is 12.1. The number of nitrogens with zero attached hydrogens (tertiary/aromatic N) is 2. The summed E-state index contributed by atoms with van der Waals surface area (Å²) in [5, 5.41) is 0. The van der Waals surface area contributed by atoms with Crippen LogP contribution in [0.2, 0.25) is 0 Å². The summed E-state index contributed by atoms with van der Waals surface area (Å²) in [5.74, 6) is 2.45. The van der Waals surface area contributed by atoms with Gasteiger partial charge in [0, 0.05) is 13.1 Å². The molecule has 0 bridgehead atoms. The van der Waals surface area contributed by atoms with Crippen LogP contribution in [0.25, 0.3) is 0 Å². The Balaban J connectivity index is 2.01. The van der Waals surface area contributed by atoms with Crippen molar-refractivity contribution in [2.75, 3.05) is 30.3 Å². The van der Waals surface area contributed by atoms with Crippen molar-refractivity contribution in [3.63, 3.8) is 0 Å². The van der Waals surface area contributed by atoms with Crippen LogP contribution < -0.4 is 15.4 Å². The van der Waals surface area contributed by atoms with E-state index >= 15 is 0 Å². The summed E-state index contributed by atoms with van der Waals surface area (Å²) < 4.78 is 5.47. The van der Waals surface area contributed by atoms with Crippen molar-refractivity contribution in [2.24, 2.45) is 5.92 Å². The van der Waals surface area contributed by atoms with Gasteiger partial charge in [0.15, 0.2) is 0 Å². The van der Waals surface area contributed by atoms with Crippen LogP contribution >= 0.6 is 0 Å². The van der Waals surface area contributed by atoms with E-state index in [0.29, 0.717) is 18.2 Å². The number of hydrogen-bond acceptors (Lipinski definition) is 4. The van der Waals surface area contributed by atoms with Crippen LogP contribution in [0.1, 0.15) is 39.5 Å². The third kappa shape index (κ3) is 3.52. The first kappa shape index (κ1) is 14.0. The molecular weight excluding hydrogens is 238 g/mol. The van der Waals surface area contributed by atoms with Crippen LogP contribution in [0.3, 0.4) is 0 Å². The molecule has 0 aliphatic carbocycles. The van der Waals surface area contributed by atoms with Gasteiger partial charge in [-0.25, -0.2) is 0 Å². The highest BCUT2D eigenvalue weighted by Gasteiger charge is 2.20. The molecule has 1 aliphatic rings. The second-order valence-corrected chi connectivity index (χ2v) is 5.22. The van der Waals surface area contributed by atoms with Gasteiger partial charge in [0.25, 0.3) is 0 Å². The van der Waals surface area contributed by atoms with Gasteiger partial charge in [-0.1, -0.05) is 19.8 Å². The van der Waals surface area contributed by atoms with E-state index in [9.17, 15) is 0 Å². The van der Waals surface area contributed by atoms with Crippen molar-refractivity contribution in [2.45, 2.75) is 39.5 Å². The molecule has 2 heterocycles. The monoisotopic (exact) mass is 263 g/mol. The fourth-order valence-electron chi connectivity index (χ4n) is 2.73. The lowest BCUT2D eigenvalue weighted by Gasteiger charge is -2.32. The first-order chi connectivity index (χ1) is 9.24. The summed E-state index contributed by atoms with van der Waals surface area (Å²) in [6.07, 6.45) is 5.18. The molecule has 1 aromatic heterocycles. The van der Waals surface area contributed by atoms with E-state index in [1.165, 1.54) is 25.7 Å². The lowest BCUT2D eigenvalue weighted by Crippen LogP contribution is -2.34. The van der Waals surface area contributed by atoms with E-state index in [0.717, 1.165) is 24.8 Å². The largest absolute Gasteiger partial charge is 0.476 e. The molecule has 4 nitrogen and oxygen atoms in total. The molecule has 0 spiro atoms. The predicted octanol–water partition coefficient (Wildman–Crippen LogP) is 3.08. The molecule has 0 amide bonds. The molecule has 0 atom stereocenters. The van der Waals surface area contributed by atoms with Crippen molar-refractivity contribution in [1.82, 2.24) is 4.98 Å². The van der Waals surface area contributed by atoms with Crippen molar-refractivity contribution >= 4 is 11.5 Å². The Labute approximate surface area is 116 Å². The van der Waals surface area contributed by atoms with Crippen LogP contribution in [-0.2, 0) is 0 Å². The van der Waals surface area contributed by atoms with Crippen LogP contribution in [0, 0.1) is 5.92 Å². The maximum atomic E-state index is 5.86. The van der Waals surface area contributed by atoms with Crippen molar-refractivity contribution in [3.05, 3.63) is 12.1 Å². The number of rotatable bonds is 5. The van der Waals surface area contributed by atoms with Crippen LogP contribution in [0.15, 0.2) is 12.1 Å². The topological polar surface area (TPSA) is 51.4 Å². The second-order valence-electron chi connectivity index (χ2n) is 5.22. The highest BCUT2D eigenvalue weighted by atomic mass is 16.5. The van der Waals surface area contributed by atoms with Crippen molar-refractivity contribution in [3.8, 4) is 5.88 Å². The molecule has 4 heteroatoms. The first-order valence-electron chi connectivity index (χ1n) is 7.38. The van der Waals surface area contributed by atoms with Gasteiger partial charge in [-0.05, 0) is 37.8 Å². The number of piperidine rings is 1. The summed E-state index contributed by atoms with van der Waals surface area (Å²) in [4.78, 5) is 6.88. The normalized spacial score (nSPS) is 16.6. The molecular formula is C15H25N3O. The molecule has 0 unspecified atom stereocenters. The summed E-state index contributed by atoms with van der Waals surface area (Å²) in [7, 11) is 0. The lowest BCUT2D eigenvalue weighted by atomic mass is 9.92. The van der Waals surface area contributed by atoms with E-state index < -0.39 is 0 Å². The number of nitrogen functional groups attached to an aromatic ring is 1. The minimum absolute atomic E-state index is 0.565. The van der Waals surface area contributed by atoms with Gasteiger partial charge in [-0.3, -0.25) is 0 Å². The number of ether oxygens (including phenoxy) is 1. The second kappa shape index (κ2) is 6.64. The molecule has 2 N–H and O–H groups in total. The molecule has 1 aliphatic heterocycles. The van der Waals surface area contributed by atoms with Crippen LogP contribution in [-0.4, -0.2) is 24.7 Å². The highest BCUT2D eigenvalue weighted by Crippen LogP contribution is 2.28. The molecule has 1 aromatic rings. The van der Waals surface area contributed by atoms with Gasteiger partial charge < -0.3 is 15.4 Å². The van der Waals surface area contributed by atoms with E-state index in [-0.39, 0.29) is 0 Å². The van der Waals surface area contributed by atoms with Crippen LogP contribution in [0.4, 0.5) is 11.5 Å². The van der Waals surface area contributed by atoms with Crippen molar-refractivity contribution < 1.29 is 4.74 Å². The number of hydrogen-bond donors (Lipinski definition) is 1. The quantitative estimate of drug-likeness (QED) is 0.887. The maximum Gasteiger partial charge on any atom is 0.239 e. The Morgan fingerprint density at radius 2 is 2.05 bits per heavy atom. The number of nitrogens with two attached hydrogens (primary N) is 1. The molecule has 1 saturated heterocycles. The SMILES string of the molecule is CCCC1CCN(c2ccc(N)c(OCC)n2)CC1. The van der Waals surface area contributed by atoms with Gasteiger partial charge >= 0.3 is 0 Å². The maximum absolute atomic E-state index is 5.86. The Bertz CT molecular complexity index is 400. The zero-order valence-corrected chi connectivity index (χ0v) is 12.1. The van der Waals surface area contributed by atoms with E-state index in [1.54, 1.807) is 0 Å². The standard InChI is InChI=1S/C15H25N3O/c1-3-5-12-8-10-18(11-9-12)14-7-6-13(16)15(17-14)19-4-2/h6-7,12H,3-5,8-11,16H2,1-2H3. The molecule has 106 valence electrons. The smallest absolute Gasteiger partial charge is 0.239 e. The van der Waals surface area contributed by atoms with Gasteiger partial charge in [-0.2, -0.15) is 4.98 Å². The van der Waals surface area contributed by atoms with E-state index in [2.05, 4.69) is 16.8 Å². The molecule has 1 fully saturated rings. The number of pyridine rings is 1. The third-order valence-electron chi connectivity index (χ3n) is 3.79. The zero-order chi connectivity index (χ0) is 13.7. The molecule has 2 rings (SSSR count). The van der Waals surface area contributed by atoms with Gasteiger partial charge in [-0.15, -0.1) is 0 Å². The highest BCUT2D eigenvalue weighted by molar-refractivity contribution is 5.54. The molecule has 0 saturated carbocycles. The summed E-state index contributed by atoms with van der Waals surface area (Å²) in [6.45, 7) is 6.99.